The van der Waals surface area contributed by atoms with Crippen LogP contribution >= 0.6 is 11.6 Å². The summed E-state index contributed by atoms with van der Waals surface area (Å²) in [6, 6.07) is 5.42. The second kappa shape index (κ2) is 6.29. The minimum atomic E-state index is -2.95. The standard InChI is InChI=1S/C14H16ClN5O2S/c1-9-2-3-10(6-12(9)15)17-13-7-16-20-14(19-13)18-11-4-5-23(21,22)8-11/h2-3,6-7,11H,4-5,8H2,1H3,(H2,17,18,19,20). The molecule has 0 amide bonds. The molecule has 0 spiro atoms. The summed E-state index contributed by atoms with van der Waals surface area (Å²) in [6.07, 6.45) is 2.04. The minimum Gasteiger partial charge on any atom is -0.349 e. The van der Waals surface area contributed by atoms with Crippen LogP contribution in [0.5, 0.6) is 0 Å². The van der Waals surface area contributed by atoms with Gasteiger partial charge in [0.1, 0.15) is 0 Å². The number of nitrogens with zero attached hydrogens (tertiary/aromatic N) is 3. The number of aromatic nitrogens is 3. The van der Waals surface area contributed by atoms with Gasteiger partial charge in [0.05, 0.1) is 17.7 Å². The van der Waals surface area contributed by atoms with Gasteiger partial charge in [-0.25, -0.2) is 8.42 Å². The van der Waals surface area contributed by atoms with Crippen LogP contribution in [0.2, 0.25) is 5.02 Å². The molecule has 1 atom stereocenters. The molecular formula is C14H16ClN5O2S. The Morgan fingerprint density at radius 3 is 2.87 bits per heavy atom. The van der Waals surface area contributed by atoms with Gasteiger partial charge in [-0.2, -0.15) is 10.1 Å². The summed E-state index contributed by atoms with van der Waals surface area (Å²) in [5.41, 5.74) is 1.78. The number of hydrogen-bond acceptors (Lipinski definition) is 7. The molecule has 9 heteroatoms. The van der Waals surface area contributed by atoms with Crippen molar-refractivity contribution < 1.29 is 8.42 Å². The van der Waals surface area contributed by atoms with Gasteiger partial charge in [0.2, 0.25) is 5.95 Å². The Labute approximate surface area is 139 Å². The fourth-order valence-electron chi connectivity index (χ4n) is 2.33. The maximum absolute atomic E-state index is 11.5. The first-order valence-electron chi connectivity index (χ1n) is 7.11. The van der Waals surface area contributed by atoms with Crippen molar-refractivity contribution in [3.8, 4) is 0 Å². The molecular weight excluding hydrogens is 338 g/mol. The predicted octanol–water partition coefficient (Wildman–Crippen LogP) is 2.18. The lowest BCUT2D eigenvalue weighted by atomic mass is 10.2. The van der Waals surface area contributed by atoms with E-state index in [1.54, 1.807) is 6.07 Å². The highest BCUT2D eigenvalue weighted by atomic mass is 35.5. The maximum atomic E-state index is 11.5. The fourth-order valence-corrected chi connectivity index (χ4v) is 4.19. The normalized spacial score (nSPS) is 19.5. The average molecular weight is 354 g/mol. The van der Waals surface area contributed by atoms with E-state index in [0.29, 0.717) is 23.2 Å². The molecule has 122 valence electrons. The number of rotatable bonds is 4. The number of halogens is 1. The number of benzene rings is 1. The molecule has 1 saturated heterocycles. The van der Waals surface area contributed by atoms with Gasteiger partial charge in [-0.05, 0) is 31.0 Å². The van der Waals surface area contributed by atoms with Gasteiger partial charge in [-0.3, -0.25) is 0 Å². The van der Waals surface area contributed by atoms with Gasteiger partial charge in [0.25, 0.3) is 0 Å². The summed E-state index contributed by atoms with van der Waals surface area (Å²) in [5.74, 6) is 1.10. The van der Waals surface area contributed by atoms with Crippen LogP contribution in [0.25, 0.3) is 0 Å². The van der Waals surface area contributed by atoms with E-state index in [4.69, 9.17) is 11.6 Å². The van der Waals surface area contributed by atoms with Gasteiger partial charge in [0.15, 0.2) is 15.7 Å². The molecule has 1 aromatic heterocycles. The molecule has 1 fully saturated rings. The SMILES string of the molecule is Cc1ccc(Nc2cnnc(NC3CCS(=O)(=O)C3)n2)cc1Cl. The lowest BCUT2D eigenvalue weighted by molar-refractivity contribution is 0.602. The zero-order valence-electron chi connectivity index (χ0n) is 12.5. The van der Waals surface area contributed by atoms with Crippen LogP contribution in [-0.2, 0) is 9.84 Å². The Balaban J connectivity index is 1.71. The van der Waals surface area contributed by atoms with Crippen molar-refractivity contribution in [1.82, 2.24) is 15.2 Å². The first-order chi connectivity index (χ1) is 10.9. The molecule has 1 aliphatic rings. The summed E-state index contributed by atoms with van der Waals surface area (Å²) in [5, 5.41) is 14.5. The van der Waals surface area contributed by atoms with E-state index >= 15 is 0 Å². The molecule has 2 aromatic rings. The van der Waals surface area contributed by atoms with E-state index in [0.717, 1.165) is 11.3 Å². The summed E-state index contributed by atoms with van der Waals surface area (Å²) < 4.78 is 23.0. The van der Waals surface area contributed by atoms with Gasteiger partial charge < -0.3 is 10.6 Å². The molecule has 0 aliphatic carbocycles. The van der Waals surface area contributed by atoms with Gasteiger partial charge in [-0.15, -0.1) is 5.10 Å². The number of nitrogens with one attached hydrogen (secondary N) is 2. The van der Waals surface area contributed by atoms with Crippen LogP contribution in [0.4, 0.5) is 17.5 Å². The van der Waals surface area contributed by atoms with Gasteiger partial charge in [-0.1, -0.05) is 17.7 Å². The highest BCUT2D eigenvalue weighted by molar-refractivity contribution is 7.91. The number of sulfone groups is 1. The molecule has 0 saturated carbocycles. The van der Waals surface area contributed by atoms with E-state index in [-0.39, 0.29) is 17.5 Å². The summed E-state index contributed by atoms with van der Waals surface area (Å²) in [4.78, 5) is 4.30. The second-order valence-corrected chi connectivity index (χ2v) is 8.13. The van der Waals surface area contributed by atoms with Crippen molar-refractivity contribution in [2.45, 2.75) is 19.4 Å². The minimum absolute atomic E-state index is 0.0988. The largest absolute Gasteiger partial charge is 0.349 e. The van der Waals surface area contributed by atoms with Crippen molar-refractivity contribution in [2.75, 3.05) is 22.1 Å². The van der Waals surface area contributed by atoms with Crippen molar-refractivity contribution in [3.63, 3.8) is 0 Å². The lowest BCUT2D eigenvalue weighted by Crippen LogP contribution is -2.22. The molecule has 0 bridgehead atoms. The van der Waals surface area contributed by atoms with E-state index in [9.17, 15) is 8.42 Å². The van der Waals surface area contributed by atoms with Gasteiger partial charge in [0, 0.05) is 16.8 Å². The van der Waals surface area contributed by atoms with Crippen molar-refractivity contribution in [3.05, 3.63) is 35.0 Å². The van der Waals surface area contributed by atoms with Crippen LogP contribution in [0.3, 0.4) is 0 Å². The highest BCUT2D eigenvalue weighted by Crippen LogP contribution is 2.22. The zero-order valence-corrected chi connectivity index (χ0v) is 14.0. The summed E-state index contributed by atoms with van der Waals surface area (Å²) in [7, 11) is -2.95. The first kappa shape index (κ1) is 15.9. The van der Waals surface area contributed by atoms with E-state index in [1.165, 1.54) is 6.20 Å². The topological polar surface area (TPSA) is 96.9 Å². The number of hydrogen-bond donors (Lipinski definition) is 2. The van der Waals surface area contributed by atoms with Crippen LogP contribution in [0, 0.1) is 6.92 Å². The van der Waals surface area contributed by atoms with Gasteiger partial charge >= 0.3 is 0 Å². The van der Waals surface area contributed by atoms with Crippen molar-refractivity contribution in [1.29, 1.82) is 0 Å². The third kappa shape index (κ3) is 4.08. The Morgan fingerprint density at radius 1 is 1.35 bits per heavy atom. The smallest absolute Gasteiger partial charge is 0.244 e. The summed E-state index contributed by atoms with van der Waals surface area (Å²) in [6.45, 7) is 1.93. The third-order valence-corrected chi connectivity index (χ3v) is 5.74. The van der Waals surface area contributed by atoms with Crippen LogP contribution in [-0.4, -0.2) is 41.1 Å². The summed E-state index contributed by atoms with van der Waals surface area (Å²) >= 11 is 6.09. The molecule has 1 aromatic carbocycles. The van der Waals surface area contributed by atoms with E-state index in [1.807, 2.05) is 19.1 Å². The molecule has 2 N–H and O–H groups in total. The third-order valence-electron chi connectivity index (χ3n) is 3.57. The highest BCUT2D eigenvalue weighted by Gasteiger charge is 2.28. The Bertz CT molecular complexity index is 828. The molecule has 1 unspecified atom stereocenters. The van der Waals surface area contributed by atoms with Crippen molar-refractivity contribution >= 4 is 38.9 Å². The predicted molar refractivity (Wildman–Crippen MR) is 90.0 cm³/mol. The van der Waals surface area contributed by atoms with Crippen LogP contribution < -0.4 is 10.6 Å². The van der Waals surface area contributed by atoms with Crippen LogP contribution in [0.1, 0.15) is 12.0 Å². The molecule has 23 heavy (non-hydrogen) atoms. The second-order valence-electron chi connectivity index (χ2n) is 5.50. The number of anilines is 3. The quantitative estimate of drug-likeness (QED) is 0.869. The Hall–Kier alpha value is -1.93. The molecule has 1 aliphatic heterocycles. The monoisotopic (exact) mass is 353 g/mol. The van der Waals surface area contributed by atoms with E-state index < -0.39 is 9.84 Å². The molecule has 2 heterocycles. The maximum Gasteiger partial charge on any atom is 0.244 e. The van der Waals surface area contributed by atoms with E-state index in [2.05, 4.69) is 25.8 Å². The Morgan fingerprint density at radius 2 is 2.17 bits per heavy atom. The Kier molecular flexibility index (Phi) is 4.36. The van der Waals surface area contributed by atoms with Crippen LogP contribution in [0.15, 0.2) is 24.4 Å². The zero-order chi connectivity index (χ0) is 16.4. The number of aryl methyl sites for hydroxylation is 1. The molecule has 3 rings (SSSR count). The molecule has 7 nitrogen and oxygen atoms in total. The van der Waals surface area contributed by atoms with Crippen molar-refractivity contribution in [2.24, 2.45) is 0 Å². The lowest BCUT2D eigenvalue weighted by Gasteiger charge is -2.11. The average Bonchev–Trinajstić information content (AvgIpc) is 2.82. The fraction of sp³-hybridized carbons (Fsp3) is 0.357. The first-order valence-corrected chi connectivity index (χ1v) is 9.31. The molecule has 0 radical (unpaired) electrons.